The Morgan fingerprint density at radius 3 is 2.45 bits per heavy atom. The lowest BCUT2D eigenvalue weighted by molar-refractivity contribution is -0.114. The van der Waals surface area contributed by atoms with E-state index in [4.69, 9.17) is 5.73 Å². The number of nitrogens with two attached hydrogens (primary N) is 1. The molecule has 0 fully saturated rings. The fraction of sp³-hybridized carbons (Fsp3) is 0.143. The first-order chi connectivity index (χ1) is 9.56. The molecule has 2 aromatic rings. The number of rotatable bonds is 4. The molecule has 2 rings (SSSR count). The fourth-order valence-electron chi connectivity index (χ4n) is 1.68. The molecule has 1 heterocycles. The van der Waals surface area contributed by atoms with Crippen LogP contribution in [0.15, 0.2) is 35.7 Å². The molecule has 0 spiro atoms. The van der Waals surface area contributed by atoms with Crippen LogP contribution >= 0.6 is 11.3 Å². The molecular weight excluding hydrogens is 274 g/mol. The summed E-state index contributed by atoms with van der Waals surface area (Å²) in [5.41, 5.74) is 7.86. The van der Waals surface area contributed by atoms with Crippen LogP contribution in [0, 0.1) is 0 Å². The lowest BCUT2D eigenvalue weighted by Gasteiger charge is -2.06. The Hall–Kier alpha value is -2.34. The van der Waals surface area contributed by atoms with Crippen LogP contribution < -0.4 is 16.4 Å². The van der Waals surface area contributed by atoms with Gasteiger partial charge in [0.1, 0.15) is 4.88 Å². The molecule has 20 heavy (non-hydrogen) atoms. The van der Waals surface area contributed by atoms with Crippen molar-refractivity contribution in [2.24, 2.45) is 0 Å². The number of carbonyl (C=O) groups excluding carboxylic acids is 2. The molecule has 4 N–H and O–H groups in total. The van der Waals surface area contributed by atoms with Crippen molar-refractivity contribution in [3.05, 3.63) is 46.2 Å². The van der Waals surface area contributed by atoms with Crippen LogP contribution in [0.1, 0.15) is 22.2 Å². The average molecular weight is 289 g/mol. The third kappa shape index (κ3) is 3.58. The minimum absolute atomic E-state index is 0.112. The van der Waals surface area contributed by atoms with Gasteiger partial charge in [-0.2, -0.15) is 0 Å². The molecule has 1 aromatic carbocycles. The normalized spacial score (nSPS) is 10.1. The molecule has 0 atom stereocenters. The minimum atomic E-state index is -0.177. The van der Waals surface area contributed by atoms with E-state index < -0.39 is 0 Å². The number of carbonyl (C=O) groups is 2. The molecule has 0 saturated carbocycles. The first-order valence-electron chi connectivity index (χ1n) is 6.04. The molecule has 0 aliphatic rings. The summed E-state index contributed by atoms with van der Waals surface area (Å²) in [7, 11) is 0. The number of thiophene rings is 1. The minimum Gasteiger partial charge on any atom is -0.397 e. The summed E-state index contributed by atoms with van der Waals surface area (Å²) in [4.78, 5) is 23.3. The van der Waals surface area contributed by atoms with Gasteiger partial charge in [-0.3, -0.25) is 9.59 Å². The number of nitrogen functional groups attached to an aromatic ring is 1. The Bertz CT molecular complexity index is 620. The van der Waals surface area contributed by atoms with Gasteiger partial charge in [-0.15, -0.1) is 11.3 Å². The highest BCUT2D eigenvalue weighted by molar-refractivity contribution is 7.12. The van der Waals surface area contributed by atoms with Gasteiger partial charge in [-0.1, -0.05) is 12.1 Å². The molecule has 0 aliphatic heterocycles. The predicted octanol–water partition coefficient (Wildman–Crippen LogP) is 2.22. The maximum Gasteiger partial charge on any atom is 0.263 e. The van der Waals surface area contributed by atoms with E-state index in [1.165, 1.54) is 18.3 Å². The zero-order valence-electron chi connectivity index (χ0n) is 11.0. The topological polar surface area (TPSA) is 84.2 Å². The van der Waals surface area contributed by atoms with Crippen molar-refractivity contribution in [2.45, 2.75) is 13.5 Å². The van der Waals surface area contributed by atoms with E-state index in [2.05, 4.69) is 10.6 Å². The number of anilines is 2. The lowest BCUT2D eigenvalue weighted by atomic mass is 10.2. The molecule has 2 amide bonds. The van der Waals surface area contributed by atoms with Crippen LogP contribution in [0.25, 0.3) is 0 Å². The Morgan fingerprint density at radius 1 is 1.20 bits per heavy atom. The summed E-state index contributed by atoms with van der Waals surface area (Å²) in [6, 6.07) is 9.00. The predicted molar refractivity (Wildman–Crippen MR) is 80.6 cm³/mol. The van der Waals surface area contributed by atoms with Crippen molar-refractivity contribution in [1.82, 2.24) is 5.32 Å². The Kier molecular flexibility index (Phi) is 4.37. The van der Waals surface area contributed by atoms with Gasteiger partial charge >= 0.3 is 0 Å². The maximum absolute atomic E-state index is 11.9. The zero-order valence-corrected chi connectivity index (χ0v) is 11.8. The summed E-state index contributed by atoms with van der Waals surface area (Å²) in [5.74, 6) is -0.289. The van der Waals surface area contributed by atoms with E-state index in [-0.39, 0.29) is 11.8 Å². The zero-order chi connectivity index (χ0) is 14.5. The van der Waals surface area contributed by atoms with Crippen molar-refractivity contribution in [2.75, 3.05) is 11.1 Å². The van der Waals surface area contributed by atoms with Gasteiger partial charge < -0.3 is 16.4 Å². The van der Waals surface area contributed by atoms with Crippen LogP contribution in [-0.2, 0) is 11.3 Å². The van der Waals surface area contributed by atoms with Gasteiger partial charge in [-0.25, -0.2) is 0 Å². The van der Waals surface area contributed by atoms with Crippen LogP contribution in [0.5, 0.6) is 0 Å². The number of amides is 2. The molecule has 0 unspecified atom stereocenters. The molecule has 6 heteroatoms. The molecule has 0 aliphatic carbocycles. The van der Waals surface area contributed by atoms with Crippen molar-refractivity contribution in [3.63, 3.8) is 0 Å². The Labute approximate surface area is 120 Å². The monoisotopic (exact) mass is 289 g/mol. The highest BCUT2D eigenvalue weighted by Crippen LogP contribution is 2.18. The van der Waals surface area contributed by atoms with E-state index in [0.717, 1.165) is 11.3 Å². The van der Waals surface area contributed by atoms with Gasteiger partial charge in [0.15, 0.2) is 0 Å². The summed E-state index contributed by atoms with van der Waals surface area (Å²) in [5, 5.41) is 7.28. The SMILES string of the molecule is CC(=O)Nc1ccc(CNC(=O)c2sccc2N)cc1. The van der Waals surface area contributed by atoms with Crippen molar-refractivity contribution >= 4 is 34.5 Å². The third-order valence-corrected chi connectivity index (χ3v) is 3.56. The lowest BCUT2D eigenvalue weighted by Crippen LogP contribution is -2.22. The second kappa shape index (κ2) is 6.21. The van der Waals surface area contributed by atoms with E-state index in [1.807, 2.05) is 12.1 Å². The highest BCUT2D eigenvalue weighted by Gasteiger charge is 2.10. The molecule has 1 aromatic heterocycles. The van der Waals surface area contributed by atoms with Crippen molar-refractivity contribution < 1.29 is 9.59 Å². The second-order valence-electron chi connectivity index (χ2n) is 4.27. The van der Waals surface area contributed by atoms with Crippen molar-refractivity contribution in [3.8, 4) is 0 Å². The quantitative estimate of drug-likeness (QED) is 0.807. The first kappa shape index (κ1) is 14.1. The van der Waals surface area contributed by atoms with E-state index in [9.17, 15) is 9.59 Å². The summed E-state index contributed by atoms with van der Waals surface area (Å²) in [6.45, 7) is 1.87. The molecule has 0 radical (unpaired) electrons. The molecular formula is C14H15N3O2S. The molecule has 0 saturated heterocycles. The second-order valence-corrected chi connectivity index (χ2v) is 5.18. The van der Waals surface area contributed by atoms with Crippen LogP contribution in [-0.4, -0.2) is 11.8 Å². The van der Waals surface area contributed by atoms with E-state index in [1.54, 1.807) is 23.6 Å². The molecule has 104 valence electrons. The smallest absolute Gasteiger partial charge is 0.263 e. The Balaban J connectivity index is 1.93. The highest BCUT2D eigenvalue weighted by atomic mass is 32.1. The van der Waals surface area contributed by atoms with E-state index in [0.29, 0.717) is 17.1 Å². The van der Waals surface area contributed by atoms with Gasteiger partial charge in [0.05, 0.1) is 5.69 Å². The summed E-state index contributed by atoms with van der Waals surface area (Å²) >= 11 is 1.32. The average Bonchev–Trinajstić information content (AvgIpc) is 2.83. The summed E-state index contributed by atoms with van der Waals surface area (Å²) in [6.07, 6.45) is 0. The first-order valence-corrected chi connectivity index (χ1v) is 6.92. The number of nitrogens with one attached hydrogen (secondary N) is 2. The largest absolute Gasteiger partial charge is 0.397 e. The maximum atomic E-state index is 11.9. The number of hydrogen-bond donors (Lipinski definition) is 3. The van der Waals surface area contributed by atoms with Crippen molar-refractivity contribution in [1.29, 1.82) is 0 Å². The summed E-state index contributed by atoms with van der Waals surface area (Å²) < 4.78 is 0. The van der Waals surface area contributed by atoms with Crippen LogP contribution in [0.3, 0.4) is 0 Å². The van der Waals surface area contributed by atoms with Crippen LogP contribution in [0.4, 0.5) is 11.4 Å². The van der Waals surface area contributed by atoms with Gasteiger partial charge in [0, 0.05) is 19.2 Å². The van der Waals surface area contributed by atoms with E-state index >= 15 is 0 Å². The molecule has 5 nitrogen and oxygen atoms in total. The van der Waals surface area contributed by atoms with Crippen LogP contribution in [0.2, 0.25) is 0 Å². The Morgan fingerprint density at radius 2 is 1.90 bits per heavy atom. The van der Waals surface area contributed by atoms with Gasteiger partial charge in [0.2, 0.25) is 5.91 Å². The third-order valence-electron chi connectivity index (χ3n) is 2.63. The van der Waals surface area contributed by atoms with Gasteiger partial charge in [0.25, 0.3) is 5.91 Å². The molecule has 0 bridgehead atoms. The number of hydrogen-bond acceptors (Lipinski definition) is 4. The fourth-order valence-corrected chi connectivity index (χ4v) is 2.41. The number of benzene rings is 1. The standard InChI is InChI=1S/C14H15N3O2S/c1-9(18)17-11-4-2-10(3-5-11)8-16-14(19)13-12(15)6-7-20-13/h2-7H,8,15H2,1H3,(H,16,19)(H,17,18). The van der Waals surface area contributed by atoms with Gasteiger partial charge in [-0.05, 0) is 29.1 Å².